The number of carbonyl (C=O) groups excluding carboxylic acids is 1. The molecule has 0 saturated carbocycles. The summed E-state index contributed by atoms with van der Waals surface area (Å²) in [5.74, 6) is 0.112. The van der Waals surface area contributed by atoms with Gasteiger partial charge in [-0.25, -0.2) is 9.67 Å². The Bertz CT molecular complexity index is 1000. The van der Waals surface area contributed by atoms with Crippen molar-refractivity contribution < 1.29 is 4.79 Å². The van der Waals surface area contributed by atoms with Crippen LogP contribution in [0.15, 0.2) is 42.5 Å². The van der Waals surface area contributed by atoms with Crippen molar-refractivity contribution in [1.82, 2.24) is 14.8 Å². The summed E-state index contributed by atoms with van der Waals surface area (Å²) in [4.78, 5) is 17.0. The fourth-order valence-corrected chi connectivity index (χ4v) is 2.75. The number of nitrogens with one attached hydrogen (secondary N) is 1. The lowest BCUT2D eigenvalue weighted by molar-refractivity contribution is 0.102. The number of rotatable bonds is 4. The van der Waals surface area contributed by atoms with Crippen LogP contribution in [-0.4, -0.2) is 20.7 Å². The first-order valence-corrected chi connectivity index (χ1v) is 8.33. The fourth-order valence-electron chi connectivity index (χ4n) is 2.56. The quantitative estimate of drug-likeness (QED) is 0.761. The minimum Gasteiger partial charge on any atom is -0.321 e. The zero-order valence-corrected chi connectivity index (χ0v) is 15.1. The maximum Gasteiger partial charge on any atom is 0.275 e. The molecule has 0 radical (unpaired) electrons. The molecule has 7 heteroatoms. The van der Waals surface area contributed by atoms with E-state index >= 15 is 0 Å². The second kappa shape index (κ2) is 7.38. The molecule has 0 bridgehead atoms. The Morgan fingerprint density at radius 2 is 1.96 bits per heavy atom. The summed E-state index contributed by atoms with van der Waals surface area (Å²) in [5, 5.41) is 16.1. The molecule has 1 amide bonds. The van der Waals surface area contributed by atoms with E-state index in [2.05, 4.69) is 21.5 Å². The Kier molecular flexibility index (Phi) is 5.01. The van der Waals surface area contributed by atoms with Gasteiger partial charge in [-0.1, -0.05) is 23.7 Å². The first-order chi connectivity index (χ1) is 12.5. The molecule has 0 saturated heterocycles. The smallest absolute Gasteiger partial charge is 0.275 e. The first kappa shape index (κ1) is 17.6. The third-order valence-corrected chi connectivity index (χ3v) is 4.07. The average Bonchev–Trinajstić information content (AvgIpc) is 2.95. The van der Waals surface area contributed by atoms with Gasteiger partial charge in [0.05, 0.1) is 23.2 Å². The number of pyridine rings is 1. The largest absolute Gasteiger partial charge is 0.321 e. The van der Waals surface area contributed by atoms with E-state index in [0.29, 0.717) is 17.9 Å². The van der Waals surface area contributed by atoms with E-state index in [9.17, 15) is 4.79 Å². The van der Waals surface area contributed by atoms with E-state index in [1.165, 1.54) is 0 Å². The maximum absolute atomic E-state index is 12.6. The van der Waals surface area contributed by atoms with E-state index in [4.69, 9.17) is 16.9 Å². The summed E-state index contributed by atoms with van der Waals surface area (Å²) in [6.45, 7) is 3.81. The predicted octanol–water partition coefficient (Wildman–Crippen LogP) is 3.86. The summed E-state index contributed by atoms with van der Waals surface area (Å²) >= 11 is 6.17. The van der Waals surface area contributed by atoms with Gasteiger partial charge < -0.3 is 5.32 Å². The molecule has 6 nitrogen and oxygen atoms in total. The molecule has 3 rings (SSSR count). The second-order valence-corrected chi connectivity index (χ2v) is 6.23. The van der Waals surface area contributed by atoms with E-state index in [1.54, 1.807) is 41.1 Å². The van der Waals surface area contributed by atoms with Crippen molar-refractivity contribution in [3.05, 3.63) is 70.1 Å². The highest BCUT2D eigenvalue weighted by atomic mass is 35.5. The fraction of sp³-hybridized carbons (Fsp3) is 0.158. The van der Waals surface area contributed by atoms with Crippen LogP contribution < -0.4 is 5.32 Å². The van der Waals surface area contributed by atoms with Gasteiger partial charge in [0.1, 0.15) is 5.69 Å². The standard InChI is InChI=1S/C19H16ClN5O/c1-12-11-13(2)25(24-12)17-8-7-16(20)18(23-17)19(26)22-15-5-3-14(4-6-15)9-10-21/h3-8,11H,9H2,1-2H3,(H,22,26). The summed E-state index contributed by atoms with van der Waals surface area (Å²) in [6, 6.07) is 14.4. The molecule has 1 aromatic carbocycles. The zero-order valence-electron chi connectivity index (χ0n) is 14.3. The third kappa shape index (κ3) is 3.73. The van der Waals surface area contributed by atoms with Crippen LogP contribution in [-0.2, 0) is 6.42 Å². The Hall–Kier alpha value is -3.17. The van der Waals surface area contributed by atoms with Gasteiger partial charge in [0.2, 0.25) is 0 Å². The summed E-state index contributed by atoms with van der Waals surface area (Å²) in [5.41, 5.74) is 3.39. The molecule has 0 spiro atoms. The molecule has 2 heterocycles. The second-order valence-electron chi connectivity index (χ2n) is 5.82. The summed E-state index contributed by atoms with van der Waals surface area (Å²) in [6.07, 6.45) is 0.326. The van der Waals surface area contributed by atoms with Gasteiger partial charge in [0.15, 0.2) is 5.82 Å². The number of hydrogen-bond donors (Lipinski definition) is 1. The minimum absolute atomic E-state index is 0.123. The molecule has 0 atom stereocenters. The number of anilines is 1. The summed E-state index contributed by atoms with van der Waals surface area (Å²) < 4.78 is 1.67. The monoisotopic (exact) mass is 365 g/mol. The van der Waals surface area contributed by atoms with Crippen LogP contribution in [0.4, 0.5) is 5.69 Å². The first-order valence-electron chi connectivity index (χ1n) is 7.95. The Morgan fingerprint density at radius 3 is 2.58 bits per heavy atom. The Morgan fingerprint density at radius 1 is 1.23 bits per heavy atom. The van der Waals surface area contributed by atoms with Crippen molar-refractivity contribution in [3.8, 4) is 11.9 Å². The lowest BCUT2D eigenvalue weighted by Gasteiger charge is -2.09. The molecule has 26 heavy (non-hydrogen) atoms. The molecule has 0 aliphatic heterocycles. The van der Waals surface area contributed by atoms with Crippen LogP contribution in [0, 0.1) is 25.2 Å². The number of hydrogen-bond acceptors (Lipinski definition) is 4. The van der Waals surface area contributed by atoms with Gasteiger partial charge in [-0.05, 0) is 49.7 Å². The Balaban J connectivity index is 1.86. The van der Waals surface area contributed by atoms with Gasteiger partial charge in [0, 0.05) is 11.4 Å². The number of benzene rings is 1. The number of carbonyl (C=O) groups is 1. The van der Waals surface area contributed by atoms with E-state index in [1.807, 2.05) is 19.9 Å². The molecule has 0 fully saturated rings. The molecular weight excluding hydrogens is 350 g/mol. The SMILES string of the molecule is Cc1cc(C)n(-c2ccc(Cl)c(C(=O)Nc3ccc(CC#N)cc3)n2)n1. The van der Waals surface area contributed by atoms with Crippen molar-refractivity contribution in [2.24, 2.45) is 0 Å². The maximum atomic E-state index is 12.6. The lowest BCUT2D eigenvalue weighted by atomic mass is 10.1. The van der Waals surface area contributed by atoms with Crippen LogP contribution >= 0.6 is 11.6 Å². The third-order valence-electron chi connectivity index (χ3n) is 3.77. The number of halogens is 1. The van der Waals surface area contributed by atoms with Gasteiger partial charge >= 0.3 is 0 Å². The van der Waals surface area contributed by atoms with Crippen LogP contribution in [0.25, 0.3) is 5.82 Å². The highest BCUT2D eigenvalue weighted by molar-refractivity contribution is 6.34. The van der Waals surface area contributed by atoms with Gasteiger partial charge in [0.25, 0.3) is 5.91 Å². The normalized spacial score (nSPS) is 10.4. The highest BCUT2D eigenvalue weighted by Crippen LogP contribution is 2.19. The molecule has 2 aromatic heterocycles. The van der Waals surface area contributed by atoms with Gasteiger partial charge in [-0.15, -0.1) is 0 Å². The van der Waals surface area contributed by atoms with Crippen molar-refractivity contribution >= 4 is 23.2 Å². The molecule has 3 aromatic rings. The van der Waals surface area contributed by atoms with Gasteiger partial charge in [-0.2, -0.15) is 10.4 Å². The lowest BCUT2D eigenvalue weighted by Crippen LogP contribution is -2.16. The molecular formula is C19H16ClN5O. The van der Waals surface area contributed by atoms with Gasteiger partial charge in [-0.3, -0.25) is 4.79 Å². The molecule has 1 N–H and O–H groups in total. The van der Waals surface area contributed by atoms with Crippen molar-refractivity contribution in [3.63, 3.8) is 0 Å². The van der Waals surface area contributed by atoms with Crippen LogP contribution in [0.5, 0.6) is 0 Å². The van der Waals surface area contributed by atoms with E-state index in [0.717, 1.165) is 17.0 Å². The molecule has 0 aliphatic carbocycles. The van der Waals surface area contributed by atoms with E-state index < -0.39 is 5.91 Å². The van der Waals surface area contributed by atoms with Crippen LogP contribution in [0.2, 0.25) is 5.02 Å². The van der Waals surface area contributed by atoms with Crippen molar-refractivity contribution in [2.45, 2.75) is 20.3 Å². The predicted molar refractivity (Wildman–Crippen MR) is 99.6 cm³/mol. The Labute approximate surface area is 156 Å². The highest BCUT2D eigenvalue weighted by Gasteiger charge is 2.15. The van der Waals surface area contributed by atoms with E-state index in [-0.39, 0.29) is 10.7 Å². The number of nitrogens with zero attached hydrogens (tertiary/aromatic N) is 4. The van der Waals surface area contributed by atoms with Crippen LogP contribution in [0.3, 0.4) is 0 Å². The topological polar surface area (TPSA) is 83.6 Å². The van der Waals surface area contributed by atoms with Crippen molar-refractivity contribution in [2.75, 3.05) is 5.32 Å². The number of nitriles is 1. The molecule has 130 valence electrons. The number of amides is 1. The molecule has 0 unspecified atom stereocenters. The number of aryl methyl sites for hydroxylation is 2. The summed E-state index contributed by atoms with van der Waals surface area (Å²) in [7, 11) is 0. The minimum atomic E-state index is -0.411. The van der Waals surface area contributed by atoms with Crippen LogP contribution in [0.1, 0.15) is 27.4 Å². The molecule has 0 aliphatic rings. The van der Waals surface area contributed by atoms with Crippen molar-refractivity contribution in [1.29, 1.82) is 5.26 Å². The average molecular weight is 366 g/mol. The zero-order chi connectivity index (χ0) is 18.7. The number of aromatic nitrogens is 3.